The van der Waals surface area contributed by atoms with Gasteiger partial charge >= 0.3 is 0 Å². The van der Waals surface area contributed by atoms with E-state index in [1.807, 2.05) is 39.0 Å². The monoisotopic (exact) mass is 491 g/mol. The van der Waals surface area contributed by atoms with Gasteiger partial charge in [-0.15, -0.1) is 0 Å². The molecule has 0 saturated heterocycles. The number of H-pyrrole nitrogens is 1. The molecular formula is C29H25N5O3. The van der Waals surface area contributed by atoms with Crippen LogP contribution in [0.5, 0.6) is 11.5 Å². The minimum Gasteiger partial charge on any atom is -0.490 e. The molecule has 4 aromatic rings. The number of benzene rings is 3. The molecule has 0 saturated carbocycles. The number of fused-ring (bicyclic) bond motifs is 1. The molecule has 2 N–H and O–H groups in total. The number of carbonyl (C=O) groups is 1. The van der Waals surface area contributed by atoms with Crippen molar-refractivity contribution in [1.29, 1.82) is 10.5 Å². The fourth-order valence-corrected chi connectivity index (χ4v) is 3.69. The summed E-state index contributed by atoms with van der Waals surface area (Å²) in [7, 11) is 0. The number of aromatic nitrogens is 2. The molecule has 0 aliphatic heterocycles. The summed E-state index contributed by atoms with van der Waals surface area (Å²) < 4.78 is 11.4. The number of anilines is 1. The number of aromatic amines is 1. The highest BCUT2D eigenvalue weighted by molar-refractivity contribution is 5.92. The van der Waals surface area contributed by atoms with Crippen molar-refractivity contribution < 1.29 is 14.3 Å². The number of allylic oxidation sites excluding steroid dienone is 1. The maximum absolute atomic E-state index is 12.3. The fraction of sp³-hybridized carbons (Fsp3) is 0.172. The Balaban J connectivity index is 1.51. The Morgan fingerprint density at radius 2 is 1.78 bits per heavy atom. The maximum atomic E-state index is 12.3. The number of carbonyl (C=O) groups excluding carboxylic acids is 1. The summed E-state index contributed by atoms with van der Waals surface area (Å²) >= 11 is 0. The Hall–Kier alpha value is -5.08. The molecule has 8 heteroatoms. The molecule has 0 spiro atoms. The zero-order chi connectivity index (χ0) is 26.4. The van der Waals surface area contributed by atoms with Gasteiger partial charge in [-0.25, -0.2) is 4.98 Å². The van der Waals surface area contributed by atoms with Gasteiger partial charge in [0.2, 0.25) is 0 Å². The second-order valence-corrected chi connectivity index (χ2v) is 8.37. The average Bonchev–Trinajstić information content (AvgIpc) is 3.30. The first-order valence-electron chi connectivity index (χ1n) is 11.7. The third-order valence-electron chi connectivity index (χ3n) is 5.71. The normalized spacial score (nSPS) is 11.0. The summed E-state index contributed by atoms with van der Waals surface area (Å²) in [6.07, 6.45) is 1.72. The largest absolute Gasteiger partial charge is 0.490 e. The Morgan fingerprint density at radius 1 is 1.03 bits per heavy atom. The number of nitrogens with one attached hydrogen (secondary N) is 2. The van der Waals surface area contributed by atoms with E-state index in [1.165, 1.54) is 0 Å². The minimum atomic E-state index is -0.349. The second-order valence-electron chi connectivity index (χ2n) is 8.37. The van der Waals surface area contributed by atoms with Crippen LogP contribution in [-0.4, -0.2) is 29.1 Å². The van der Waals surface area contributed by atoms with Gasteiger partial charge in [0.1, 0.15) is 11.9 Å². The Bertz CT molecular complexity index is 1530. The summed E-state index contributed by atoms with van der Waals surface area (Å²) in [5.74, 6) is 0.997. The molecule has 0 radical (unpaired) electrons. The molecule has 0 aliphatic carbocycles. The van der Waals surface area contributed by atoms with Crippen LogP contribution in [0.15, 0.2) is 54.6 Å². The van der Waals surface area contributed by atoms with Crippen LogP contribution < -0.4 is 14.8 Å². The van der Waals surface area contributed by atoms with E-state index in [4.69, 9.17) is 14.7 Å². The molecule has 4 rings (SSSR count). The van der Waals surface area contributed by atoms with E-state index >= 15 is 0 Å². The van der Waals surface area contributed by atoms with Crippen molar-refractivity contribution in [3.05, 3.63) is 82.7 Å². The Kier molecular flexibility index (Phi) is 7.51. The second kappa shape index (κ2) is 11.1. The van der Waals surface area contributed by atoms with Gasteiger partial charge in [-0.3, -0.25) is 4.79 Å². The predicted molar refractivity (Wildman–Crippen MR) is 142 cm³/mol. The van der Waals surface area contributed by atoms with Crippen molar-refractivity contribution in [2.75, 3.05) is 18.5 Å². The summed E-state index contributed by atoms with van der Waals surface area (Å²) in [5, 5.41) is 21.4. The van der Waals surface area contributed by atoms with E-state index < -0.39 is 0 Å². The van der Waals surface area contributed by atoms with Gasteiger partial charge in [0, 0.05) is 5.69 Å². The molecule has 0 fully saturated rings. The standard InChI is InChI=1S/C29H25N5O3/c1-4-36-27-14-21(13-22(16-31)29-33-24-11-18(2)19(3)12-25(24)34-29)7-10-26(27)37-17-28(35)32-23-8-5-20(15-30)6-9-23/h5-14H,4,17H2,1-3H3,(H,32,35)(H,33,34)/b22-13+. The molecule has 37 heavy (non-hydrogen) atoms. The molecule has 0 aliphatic rings. The first-order chi connectivity index (χ1) is 17.9. The van der Waals surface area contributed by atoms with Crippen molar-refractivity contribution in [2.24, 2.45) is 0 Å². The molecular weight excluding hydrogens is 466 g/mol. The van der Waals surface area contributed by atoms with Gasteiger partial charge in [-0.05, 0) is 92.1 Å². The highest BCUT2D eigenvalue weighted by Crippen LogP contribution is 2.30. The van der Waals surface area contributed by atoms with E-state index in [2.05, 4.69) is 21.4 Å². The van der Waals surface area contributed by atoms with E-state index in [1.54, 1.807) is 48.5 Å². The molecule has 0 atom stereocenters. The minimum absolute atomic E-state index is 0.226. The third-order valence-corrected chi connectivity index (χ3v) is 5.71. The highest BCUT2D eigenvalue weighted by atomic mass is 16.5. The van der Waals surface area contributed by atoms with Crippen LogP contribution in [0.2, 0.25) is 0 Å². The van der Waals surface area contributed by atoms with E-state index in [-0.39, 0.29) is 12.5 Å². The van der Waals surface area contributed by atoms with Crippen molar-refractivity contribution in [3.8, 4) is 23.6 Å². The van der Waals surface area contributed by atoms with Crippen LogP contribution in [-0.2, 0) is 4.79 Å². The van der Waals surface area contributed by atoms with Crippen LogP contribution >= 0.6 is 0 Å². The number of nitrogens with zero attached hydrogens (tertiary/aromatic N) is 3. The molecule has 0 unspecified atom stereocenters. The Labute approximate surface area is 214 Å². The quantitative estimate of drug-likeness (QED) is 0.312. The van der Waals surface area contributed by atoms with Gasteiger partial charge in [0.25, 0.3) is 5.91 Å². The van der Waals surface area contributed by atoms with Crippen LogP contribution in [0, 0.1) is 36.5 Å². The van der Waals surface area contributed by atoms with Crippen molar-refractivity contribution in [3.63, 3.8) is 0 Å². The summed E-state index contributed by atoms with van der Waals surface area (Å²) in [6.45, 7) is 6.08. The number of hydrogen-bond donors (Lipinski definition) is 2. The topological polar surface area (TPSA) is 124 Å². The first kappa shape index (κ1) is 25.0. The smallest absolute Gasteiger partial charge is 0.262 e. The fourth-order valence-electron chi connectivity index (χ4n) is 3.69. The molecule has 0 bridgehead atoms. The SMILES string of the molecule is CCOc1cc(/C=C(\C#N)c2nc3cc(C)c(C)cc3[nH]2)ccc1OCC(=O)Nc1ccc(C#N)cc1. The molecule has 1 heterocycles. The summed E-state index contributed by atoms with van der Waals surface area (Å²) in [6, 6.07) is 20.1. The lowest BCUT2D eigenvalue weighted by atomic mass is 10.1. The lowest BCUT2D eigenvalue weighted by Crippen LogP contribution is -2.20. The molecule has 8 nitrogen and oxygen atoms in total. The number of hydrogen-bond acceptors (Lipinski definition) is 6. The average molecular weight is 492 g/mol. The maximum Gasteiger partial charge on any atom is 0.262 e. The number of ether oxygens (including phenoxy) is 2. The molecule has 184 valence electrons. The van der Waals surface area contributed by atoms with Crippen molar-refractivity contribution >= 4 is 34.3 Å². The Morgan fingerprint density at radius 3 is 2.49 bits per heavy atom. The van der Waals surface area contributed by atoms with Gasteiger partial charge in [0.05, 0.1) is 34.8 Å². The number of imidazole rings is 1. The number of nitriles is 2. The summed E-state index contributed by atoms with van der Waals surface area (Å²) in [5.41, 5.74) is 6.14. The lowest BCUT2D eigenvalue weighted by Gasteiger charge is -2.13. The van der Waals surface area contributed by atoms with Crippen LogP contribution in [0.25, 0.3) is 22.7 Å². The van der Waals surface area contributed by atoms with Crippen LogP contribution in [0.3, 0.4) is 0 Å². The molecule has 3 aromatic carbocycles. The van der Waals surface area contributed by atoms with Gasteiger partial charge in [-0.2, -0.15) is 10.5 Å². The van der Waals surface area contributed by atoms with Gasteiger partial charge in [0.15, 0.2) is 18.1 Å². The lowest BCUT2D eigenvalue weighted by molar-refractivity contribution is -0.118. The number of aryl methyl sites for hydroxylation is 2. The number of rotatable bonds is 8. The zero-order valence-corrected chi connectivity index (χ0v) is 20.8. The molecule has 1 aromatic heterocycles. The first-order valence-corrected chi connectivity index (χ1v) is 11.7. The van der Waals surface area contributed by atoms with Gasteiger partial charge in [-0.1, -0.05) is 6.07 Å². The van der Waals surface area contributed by atoms with Crippen molar-refractivity contribution in [1.82, 2.24) is 9.97 Å². The van der Waals surface area contributed by atoms with E-state index in [9.17, 15) is 10.1 Å². The van der Waals surface area contributed by atoms with Crippen molar-refractivity contribution in [2.45, 2.75) is 20.8 Å². The highest BCUT2D eigenvalue weighted by Gasteiger charge is 2.12. The van der Waals surface area contributed by atoms with E-state index in [0.717, 1.165) is 27.7 Å². The predicted octanol–water partition coefficient (Wildman–Crippen LogP) is 5.53. The zero-order valence-electron chi connectivity index (χ0n) is 20.8. The summed E-state index contributed by atoms with van der Waals surface area (Å²) in [4.78, 5) is 20.2. The van der Waals surface area contributed by atoms with Crippen LogP contribution in [0.4, 0.5) is 5.69 Å². The van der Waals surface area contributed by atoms with E-state index in [0.29, 0.717) is 40.8 Å². The van der Waals surface area contributed by atoms with Crippen LogP contribution in [0.1, 0.15) is 35.0 Å². The third kappa shape index (κ3) is 5.95. The molecule has 1 amide bonds. The van der Waals surface area contributed by atoms with Gasteiger partial charge < -0.3 is 19.8 Å². The number of amides is 1.